The summed E-state index contributed by atoms with van der Waals surface area (Å²) in [5, 5.41) is 6.24. The predicted octanol–water partition coefficient (Wildman–Crippen LogP) is 11.9. The Morgan fingerprint density at radius 2 is 1.16 bits per heavy atom. The summed E-state index contributed by atoms with van der Waals surface area (Å²) in [6, 6.07) is 53.6. The SMILES string of the molecule is Cc1cccc(C)c1-c1ccnc(-n2c3ccccc3c3ccc(C(C)(C)c4cccc(N5ON(c6ccccc6)c6ccccc65)c4)cc32)c1. The van der Waals surface area contributed by atoms with Gasteiger partial charge in [-0.2, -0.15) is 10.1 Å². The maximum Gasteiger partial charge on any atom is 0.138 e. The number of pyridine rings is 1. The van der Waals surface area contributed by atoms with Gasteiger partial charge in [-0.1, -0.05) is 105 Å². The summed E-state index contributed by atoms with van der Waals surface area (Å²) in [5.41, 5.74) is 13.3. The van der Waals surface area contributed by atoms with E-state index in [0.717, 1.165) is 39.6 Å². The number of anilines is 4. The molecule has 0 saturated carbocycles. The molecule has 0 bridgehead atoms. The van der Waals surface area contributed by atoms with E-state index in [9.17, 15) is 0 Å². The Hall–Kier alpha value is -6.17. The predicted molar refractivity (Wildman–Crippen MR) is 210 cm³/mol. The van der Waals surface area contributed by atoms with Crippen LogP contribution in [-0.2, 0) is 10.4 Å². The van der Waals surface area contributed by atoms with E-state index in [-0.39, 0.29) is 5.41 Å². The van der Waals surface area contributed by atoms with Crippen LogP contribution in [-0.4, -0.2) is 9.55 Å². The van der Waals surface area contributed by atoms with Gasteiger partial charge >= 0.3 is 0 Å². The number of hydrogen-bond donors (Lipinski definition) is 0. The molecule has 6 aromatic carbocycles. The largest absolute Gasteiger partial charge is 0.294 e. The topological polar surface area (TPSA) is 33.5 Å². The standard InChI is InChI=1S/C46H38N4O/c1-31-14-12-15-32(2)45(31)33-26-27-47-44(28-33)48-40-21-9-8-20-38(40)39-25-24-35(30-43(39)48)46(3,4)34-16-13-19-37(29-34)50-42-23-11-10-22-41(42)49(51-50)36-17-6-5-7-18-36/h5-30H,1-4H3. The number of benzene rings is 6. The number of hydrogen-bond acceptors (Lipinski definition) is 4. The highest BCUT2D eigenvalue weighted by Gasteiger charge is 2.32. The summed E-state index contributed by atoms with van der Waals surface area (Å²) in [4.78, 5) is 11.5. The van der Waals surface area contributed by atoms with E-state index < -0.39 is 0 Å². The molecule has 0 spiro atoms. The molecular weight excluding hydrogens is 625 g/mol. The van der Waals surface area contributed by atoms with Gasteiger partial charge in [-0.25, -0.2) is 4.98 Å². The number of rotatable bonds is 6. The minimum atomic E-state index is -0.322. The Labute approximate surface area is 298 Å². The van der Waals surface area contributed by atoms with Gasteiger partial charge in [0.25, 0.3) is 0 Å². The quantitative estimate of drug-likeness (QED) is 0.177. The third kappa shape index (κ3) is 5.08. The van der Waals surface area contributed by atoms with Crippen LogP contribution in [0.5, 0.6) is 0 Å². The summed E-state index contributed by atoms with van der Waals surface area (Å²) >= 11 is 0. The van der Waals surface area contributed by atoms with E-state index in [0.29, 0.717) is 0 Å². The first-order valence-corrected chi connectivity index (χ1v) is 17.5. The van der Waals surface area contributed by atoms with Crippen molar-refractivity contribution in [3.8, 4) is 16.9 Å². The van der Waals surface area contributed by atoms with Crippen LogP contribution in [0.15, 0.2) is 158 Å². The molecule has 5 nitrogen and oxygen atoms in total. The van der Waals surface area contributed by atoms with E-state index in [2.05, 4.69) is 160 Å². The van der Waals surface area contributed by atoms with Crippen molar-refractivity contribution in [1.29, 1.82) is 0 Å². The normalized spacial score (nSPS) is 12.9. The fourth-order valence-electron chi connectivity index (χ4n) is 7.67. The second-order valence-electron chi connectivity index (χ2n) is 13.9. The summed E-state index contributed by atoms with van der Waals surface area (Å²) in [5.74, 6) is 0.908. The number of fused-ring (bicyclic) bond motifs is 4. The lowest BCUT2D eigenvalue weighted by atomic mass is 9.77. The fourth-order valence-corrected chi connectivity index (χ4v) is 7.67. The van der Waals surface area contributed by atoms with Gasteiger partial charge in [-0.15, -0.1) is 4.94 Å². The Morgan fingerprint density at radius 1 is 0.529 bits per heavy atom. The maximum absolute atomic E-state index is 6.55. The zero-order valence-corrected chi connectivity index (χ0v) is 29.2. The molecule has 5 heteroatoms. The molecule has 0 unspecified atom stereocenters. The average molecular weight is 663 g/mol. The van der Waals surface area contributed by atoms with E-state index >= 15 is 0 Å². The zero-order valence-electron chi connectivity index (χ0n) is 29.2. The third-order valence-corrected chi connectivity index (χ3v) is 10.4. The smallest absolute Gasteiger partial charge is 0.138 e. The summed E-state index contributed by atoms with van der Waals surface area (Å²) in [7, 11) is 0. The molecule has 0 fully saturated rings. The van der Waals surface area contributed by atoms with Crippen LogP contribution in [0.3, 0.4) is 0 Å². The molecular formula is C46H38N4O. The fraction of sp³-hybridized carbons (Fsp3) is 0.109. The van der Waals surface area contributed by atoms with Crippen LogP contribution in [0.4, 0.5) is 22.7 Å². The third-order valence-electron chi connectivity index (χ3n) is 10.4. The Balaban J connectivity index is 1.14. The van der Waals surface area contributed by atoms with Crippen molar-refractivity contribution in [2.75, 3.05) is 10.1 Å². The number of aromatic nitrogens is 2. The van der Waals surface area contributed by atoms with Crippen LogP contribution < -0.4 is 10.1 Å². The van der Waals surface area contributed by atoms with Crippen LogP contribution in [0.25, 0.3) is 38.8 Å². The van der Waals surface area contributed by atoms with Gasteiger partial charge in [0.1, 0.15) is 5.82 Å². The van der Waals surface area contributed by atoms with Crippen molar-refractivity contribution in [3.05, 3.63) is 180 Å². The van der Waals surface area contributed by atoms with Gasteiger partial charge in [0.15, 0.2) is 0 Å². The minimum absolute atomic E-state index is 0.322. The van der Waals surface area contributed by atoms with E-state index in [1.54, 1.807) is 0 Å². The van der Waals surface area contributed by atoms with Gasteiger partial charge in [-0.05, 0) is 108 Å². The van der Waals surface area contributed by atoms with Gasteiger partial charge in [0.05, 0.1) is 33.8 Å². The molecule has 0 amide bonds. The number of aryl methyl sites for hydroxylation is 2. The van der Waals surface area contributed by atoms with E-state index in [4.69, 9.17) is 9.92 Å². The molecule has 2 aromatic heterocycles. The van der Waals surface area contributed by atoms with Crippen LogP contribution >= 0.6 is 0 Å². The second kappa shape index (κ2) is 12.0. The van der Waals surface area contributed by atoms with E-state index in [1.807, 2.05) is 40.6 Å². The Kier molecular flexibility index (Phi) is 7.26. The van der Waals surface area contributed by atoms with Crippen molar-refractivity contribution >= 4 is 44.6 Å². The van der Waals surface area contributed by atoms with Crippen LogP contribution in [0, 0.1) is 13.8 Å². The first kappa shape index (κ1) is 30.9. The molecule has 1 aliphatic heterocycles. The monoisotopic (exact) mass is 662 g/mol. The lowest BCUT2D eigenvalue weighted by Crippen LogP contribution is -2.22. The van der Waals surface area contributed by atoms with Crippen LogP contribution in [0.2, 0.25) is 0 Å². The first-order valence-electron chi connectivity index (χ1n) is 17.5. The second-order valence-corrected chi connectivity index (χ2v) is 13.9. The molecule has 51 heavy (non-hydrogen) atoms. The van der Waals surface area contributed by atoms with Crippen molar-refractivity contribution in [2.45, 2.75) is 33.1 Å². The van der Waals surface area contributed by atoms with Crippen molar-refractivity contribution in [1.82, 2.24) is 9.55 Å². The lowest BCUT2D eigenvalue weighted by molar-refractivity contribution is 0.156. The molecule has 0 aliphatic carbocycles. The zero-order chi connectivity index (χ0) is 34.7. The van der Waals surface area contributed by atoms with Crippen LogP contribution in [0.1, 0.15) is 36.1 Å². The molecule has 1 aliphatic rings. The molecule has 3 heterocycles. The molecule has 8 aromatic rings. The summed E-state index contributed by atoms with van der Waals surface area (Å²) in [6.07, 6.45) is 1.94. The molecule has 0 atom stereocenters. The first-order chi connectivity index (χ1) is 24.9. The van der Waals surface area contributed by atoms with Crippen molar-refractivity contribution in [3.63, 3.8) is 0 Å². The Bertz CT molecular complexity index is 2570. The highest BCUT2D eigenvalue weighted by atomic mass is 16.8. The van der Waals surface area contributed by atoms with E-state index in [1.165, 1.54) is 44.2 Å². The highest BCUT2D eigenvalue weighted by molar-refractivity contribution is 6.09. The highest BCUT2D eigenvalue weighted by Crippen LogP contribution is 2.46. The Morgan fingerprint density at radius 3 is 1.94 bits per heavy atom. The van der Waals surface area contributed by atoms with Gasteiger partial charge in [-0.3, -0.25) is 4.57 Å². The molecule has 9 rings (SSSR count). The summed E-state index contributed by atoms with van der Waals surface area (Å²) in [6.45, 7) is 8.96. The number of para-hydroxylation sites is 4. The van der Waals surface area contributed by atoms with Crippen molar-refractivity contribution < 1.29 is 4.94 Å². The number of nitrogens with zero attached hydrogens (tertiary/aromatic N) is 4. The van der Waals surface area contributed by atoms with Crippen molar-refractivity contribution in [2.24, 2.45) is 0 Å². The molecule has 248 valence electrons. The minimum Gasteiger partial charge on any atom is -0.294 e. The van der Waals surface area contributed by atoms with Gasteiger partial charge in [0, 0.05) is 22.4 Å². The average Bonchev–Trinajstić information content (AvgIpc) is 3.72. The van der Waals surface area contributed by atoms with Gasteiger partial charge in [0.2, 0.25) is 0 Å². The molecule has 0 N–H and O–H groups in total. The maximum atomic E-state index is 6.55. The van der Waals surface area contributed by atoms with Gasteiger partial charge < -0.3 is 0 Å². The molecule has 0 saturated heterocycles. The lowest BCUT2D eigenvalue weighted by Gasteiger charge is -2.28. The summed E-state index contributed by atoms with van der Waals surface area (Å²) < 4.78 is 2.32. The molecule has 0 radical (unpaired) electrons.